The zero-order chi connectivity index (χ0) is 14.5. The SMILES string of the molecule is Cc1nccc(OC2CCN(C(=O)NC(C)C)CC2)n1. The minimum atomic E-state index is 0.0105. The first-order valence-electron chi connectivity index (χ1n) is 7.06. The van der Waals surface area contributed by atoms with E-state index in [1.54, 1.807) is 12.3 Å². The summed E-state index contributed by atoms with van der Waals surface area (Å²) in [5, 5.41) is 2.91. The average molecular weight is 278 g/mol. The molecule has 2 heterocycles. The Morgan fingerprint density at radius 3 is 2.75 bits per heavy atom. The van der Waals surface area contributed by atoms with Gasteiger partial charge in [-0.1, -0.05) is 0 Å². The largest absolute Gasteiger partial charge is 0.474 e. The summed E-state index contributed by atoms with van der Waals surface area (Å²) in [6.07, 6.45) is 3.47. The maximum atomic E-state index is 11.9. The third-order valence-corrected chi connectivity index (χ3v) is 3.18. The fourth-order valence-electron chi connectivity index (χ4n) is 2.19. The second-order valence-electron chi connectivity index (χ2n) is 5.35. The summed E-state index contributed by atoms with van der Waals surface area (Å²) in [5.74, 6) is 1.32. The molecule has 6 heteroatoms. The summed E-state index contributed by atoms with van der Waals surface area (Å²) in [4.78, 5) is 22.0. The van der Waals surface area contributed by atoms with Crippen molar-refractivity contribution in [3.8, 4) is 5.88 Å². The molecule has 1 saturated heterocycles. The number of urea groups is 1. The summed E-state index contributed by atoms with van der Waals surface area (Å²) >= 11 is 0. The second kappa shape index (κ2) is 6.54. The predicted octanol–water partition coefficient (Wildman–Crippen LogP) is 1.75. The van der Waals surface area contributed by atoms with Gasteiger partial charge in [-0.3, -0.25) is 0 Å². The van der Waals surface area contributed by atoms with Gasteiger partial charge in [-0.2, -0.15) is 4.98 Å². The molecule has 1 aromatic rings. The van der Waals surface area contributed by atoms with E-state index in [0.29, 0.717) is 24.8 Å². The third-order valence-electron chi connectivity index (χ3n) is 3.18. The quantitative estimate of drug-likeness (QED) is 0.914. The normalized spacial score (nSPS) is 16.3. The standard InChI is InChI=1S/C14H22N4O2/c1-10(2)16-14(19)18-8-5-12(6-9-18)20-13-4-7-15-11(3)17-13/h4,7,10,12H,5-6,8-9H2,1-3H3,(H,16,19). The Kier molecular flexibility index (Phi) is 4.76. The van der Waals surface area contributed by atoms with Gasteiger partial charge in [0.25, 0.3) is 0 Å². The van der Waals surface area contributed by atoms with Gasteiger partial charge in [0.1, 0.15) is 11.9 Å². The number of amides is 2. The van der Waals surface area contributed by atoms with Crippen LogP contribution in [0.3, 0.4) is 0 Å². The highest BCUT2D eigenvalue weighted by atomic mass is 16.5. The Hall–Kier alpha value is -1.85. The predicted molar refractivity (Wildman–Crippen MR) is 75.7 cm³/mol. The molecule has 0 bridgehead atoms. The van der Waals surface area contributed by atoms with Crippen molar-refractivity contribution in [2.75, 3.05) is 13.1 Å². The Morgan fingerprint density at radius 2 is 2.15 bits per heavy atom. The summed E-state index contributed by atoms with van der Waals surface area (Å²) in [6.45, 7) is 7.20. The highest BCUT2D eigenvalue weighted by molar-refractivity contribution is 5.74. The van der Waals surface area contributed by atoms with Crippen LogP contribution in [0.15, 0.2) is 12.3 Å². The zero-order valence-corrected chi connectivity index (χ0v) is 12.3. The van der Waals surface area contributed by atoms with E-state index >= 15 is 0 Å². The van der Waals surface area contributed by atoms with Crippen LogP contribution in [0.25, 0.3) is 0 Å². The summed E-state index contributed by atoms with van der Waals surface area (Å²) < 4.78 is 5.84. The zero-order valence-electron chi connectivity index (χ0n) is 12.3. The van der Waals surface area contributed by atoms with Crippen molar-refractivity contribution in [2.45, 2.75) is 45.8 Å². The van der Waals surface area contributed by atoms with E-state index < -0.39 is 0 Å². The topological polar surface area (TPSA) is 67.3 Å². The Labute approximate surface area is 119 Å². The molecule has 1 aliphatic rings. The molecule has 20 heavy (non-hydrogen) atoms. The molecule has 0 atom stereocenters. The molecule has 1 fully saturated rings. The lowest BCUT2D eigenvalue weighted by Crippen LogP contribution is -2.48. The molecule has 1 aromatic heterocycles. The number of nitrogens with zero attached hydrogens (tertiary/aromatic N) is 3. The van der Waals surface area contributed by atoms with Gasteiger partial charge in [0.05, 0.1) is 0 Å². The molecule has 1 N–H and O–H groups in total. The number of rotatable bonds is 3. The first kappa shape index (κ1) is 14.6. The molecule has 2 amide bonds. The molecule has 0 saturated carbocycles. The Bertz CT molecular complexity index is 456. The van der Waals surface area contributed by atoms with E-state index in [1.165, 1.54) is 0 Å². The van der Waals surface area contributed by atoms with Crippen LogP contribution in [0.1, 0.15) is 32.5 Å². The van der Waals surface area contributed by atoms with E-state index in [1.807, 2.05) is 25.7 Å². The summed E-state index contributed by atoms with van der Waals surface area (Å²) in [7, 11) is 0. The van der Waals surface area contributed by atoms with Gasteiger partial charge in [-0.25, -0.2) is 9.78 Å². The maximum Gasteiger partial charge on any atom is 0.317 e. The van der Waals surface area contributed by atoms with E-state index in [4.69, 9.17) is 4.74 Å². The van der Waals surface area contributed by atoms with Crippen LogP contribution < -0.4 is 10.1 Å². The van der Waals surface area contributed by atoms with Crippen LogP contribution in [0.5, 0.6) is 5.88 Å². The molecular weight excluding hydrogens is 256 g/mol. The van der Waals surface area contributed by atoms with Gasteiger partial charge >= 0.3 is 6.03 Å². The maximum absolute atomic E-state index is 11.9. The van der Waals surface area contributed by atoms with Crippen molar-refractivity contribution in [1.82, 2.24) is 20.2 Å². The highest BCUT2D eigenvalue weighted by Gasteiger charge is 2.24. The van der Waals surface area contributed by atoms with Crippen LogP contribution in [-0.2, 0) is 0 Å². The molecule has 1 aliphatic heterocycles. The van der Waals surface area contributed by atoms with E-state index in [9.17, 15) is 4.79 Å². The fraction of sp³-hybridized carbons (Fsp3) is 0.643. The van der Waals surface area contributed by atoms with Crippen molar-refractivity contribution in [3.05, 3.63) is 18.1 Å². The number of likely N-dealkylation sites (tertiary alicyclic amines) is 1. The lowest BCUT2D eigenvalue weighted by Gasteiger charge is -2.32. The van der Waals surface area contributed by atoms with E-state index in [0.717, 1.165) is 12.8 Å². The van der Waals surface area contributed by atoms with Crippen LogP contribution in [0, 0.1) is 6.92 Å². The smallest absolute Gasteiger partial charge is 0.317 e. The molecule has 6 nitrogen and oxygen atoms in total. The van der Waals surface area contributed by atoms with Crippen molar-refractivity contribution in [2.24, 2.45) is 0 Å². The van der Waals surface area contributed by atoms with Crippen molar-refractivity contribution in [3.63, 3.8) is 0 Å². The number of piperidine rings is 1. The number of carbonyl (C=O) groups excluding carboxylic acids is 1. The molecule has 0 radical (unpaired) electrons. The molecule has 2 rings (SSSR count). The third kappa shape index (κ3) is 4.08. The first-order valence-corrected chi connectivity index (χ1v) is 7.06. The fourth-order valence-corrected chi connectivity index (χ4v) is 2.19. The average Bonchev–Trinajstić information content (AvgIpc) is 2.38. The second-order valence-corrected chi connectivity index (χ2v) is 5.35. The van der Waals surface area contributed by atoms with E-state index in [2.05, 4.69) is 15.3 Å². The first-order chi connectivity index (χ1) is 9.54. The van der Waals surface area contributed by atoms with E-state index in [-0.39, 0.29) is 18.2 Å². The van der Waals surface area contributed by atoms with Crippen molar-refractivity contribution < 1.29 is 9.53 Å². The number of hydrogen-bond acceptors (Lipinski definition) is 4. The lowest BCUT2D eigenvalue weighted by atomic mass is 10.1. The van der Waals surface area contributed by atoms with Gasteiger partial charge in [0.15, 0.2) is 0 Å². The summed E-state index contributed by atoms with van der Waals surface area (Å²) in [5.41, 5.74) is 0. The number of aryl methyl sites for hydroxylation is 1. The molecular formula is C14H22N4O2. The highest BCUT2D eigenvalue weighted by Crippen LogP contribution is 2.17. The molecule has 110 valence electrons. The number of nitrogens with one attached hydrogen (secondary N) is 1. The Morgan fingerprint density at radius 1 is 1.45 bits per heavy atom. The van der Waals surface area contributed by atoms with Crippen LogP contribution in [-0.4, -0.2) is 46.1 Å². The van der Waals surface area contributed by atoms with Gasteiger partial charge in [0, 0.05) is 44.2 Å². The van der Waals surface area contributed by atoms with Crippen LogP contribution >= 0.6 is 0 Å². The van der Waals surface area contributed by atoms with Gasteiger partial charge in [0.2, 0.25) is 5.88 Å². The Balaban J connectivity index is 1.81. The monoisotopic (exact) mass is 278 g/mol. The van der Waals surface area contributed by atoms with Crippen molar-refractivity contribution in [1.29, 1.82) is 0 Å². The lowest BCUT2D eigenvalue weighted by molar-refractivity contribution is 0.106. The molecule has 0 unspecified atom stereocenters. The summed E-state index contributed by atoms with van der Waals surface area (Å²) in [6, 6.07) is 1.95. The van der Waals surface area contributed by atoms with Gasteiger partial charge in [-0.15, -0.1) is 0 Å². The minimum Gasteiger partial charge on any atom is -0.474 e. The number of aromatic nitrogens is 2. The van der Waals surface area contributed by atoms with Gasteiger partial charge < -0.3 is 15.0 Å². The molecule has 0 aromatic carbocycles. The minimum absolute atomic E-state index is 0.0105. The van der Waals surface area contributed by atoms with Crippen molar-refractivity contribution >= 4 is 6.03 Å². The number of carbonyl (C=O) groups is 1. The van der Waals surface area contributed by atoms with Crippen LogP contribution in [0.4, 0.5) is 4.79 Å². The van der Waals surface area contributed by atoms with Gasteiger partial charge in [-0.05, 0) is 20.8 Å². The molecule has 0 aliphatic carbocycles. The number of hydrogen-bond donors (Lipinski definition) is 1. The number of ether oxygens (including phenoxy) is 1. The van der Waals surface area contributed by atoms with Crippen LogP contribution in [0.2, 0.25) is 0 Å². The molecule has 0 spiro atoms.